The molecule has 1 amide bonds. The molecule has 0 saturated carbocycles. The number of rotatable bonds is 23. The van der Waals surface area contributed by atoms with Crippen LogP contribution < -0.4 is 27.3 Å². The molecule has 0 aliphatic carbocycles. The number of nitrogens with zero attached hydrogens (tertiary/aromatic N) is 2. The lowest BCUT2D eigenvalue weighted by Gasteiger charge is -2.33. The van der Waals surface area contributed by atoms with Gasteiger partial charge < -0.3 is 42.5 Å². The molecule has 10 N–H and O–H groups in total. The van der Waals surface area contributed by atoms with Crippen molar-refractivity contribution in [2.24, 2.45) is 46.8 Å². The predicted octanol–water partition coefficient (Wildman–Crippen LogP) is 3.27. The van der Waals surface area contributed by atoms with Gasteiger partial charge in [-0.1, -0.05) is 77.4 Å². The van der Waals surface area contributed by atoms with E-state index in [9.17, 15) is 29.4 Å². The number of ketones is 3. The second kappa shape index (κ2) is 21.1. The lowest BCUT2D eigenvalue weighted by atomic mass is 9.77. The topological polar surface area (TPSA) is 250 Å². The van der Waals surface area contributed by atoms with Gasteiger partial charge in [-0.2, -0.15) is 0 Å². The number of fused-ring (bicyclic) bond motifs is 1. The monoisotopic (exact) mass is 785 g/mol. The van der Waals surface area contributed by atoms with Crippen molar-refractivity contribution < 1.29 is 34.1 Å². The first-order valence-corrected chi connectivity index (χ1v) is 19.7. The average Bonchev–Trinajstić information content (AvgIpc) is 3.72. The number of hydrogen-bond donors (Lipinski definition) is 7. The fraction of sp³-hybridized carbons (Fsp3) is 0.488. The van der Waals surface area contributed by atoms with Crippen LogP contribution in [-0.4, -0.2) is 85.4 Å². The van der Waals surface area contributed by atoms with Crippen molar-refractivity contribution in [1.29, 1.82) is 0 Å². The number of nitrogens with two attached hydrogens (primary N) is 3. The molecule has 14 nitrogen and oxygen atoms in total. The van der Waals surface area contributed by atoms with Crippen molar-refractivity contribution in [3.8, 4) is 5.75 Å². The fourth-order valence-corrected chi connectivity index (χ4v) is 7.08. The van der Waals surface area contributed by atoms with Gasteiger partial charge in [0, 0.05) is 41.5 Å². The summed E-state index contributed by atoms with van der Waals surface area (Å²) in [6, 6.07) is 13.4. The number of carbonyl (C=O) groups is 4. The van der Waals surface area contributed by atoms with Crippen LogP contribution in [0, 0.1) is 29.6 Å². The van der Waals surface area contributed by atoms with Crippen LogP contribution in [0.4, 0.5) is 0 Å². The largest absolute Gasteiger partial charge is 0.485 e. The van der Waals surface area contributed by atoms with E-state index in [4.69, 9.17) is 21.9 Å². The molecule has 0 aliphatic heterocycles. The molecule has 2 aromatic heterocycles. The van der Waals surface area contributed by atoms with E-state index in [0.717, 1.165) is 17.2 Å². The van der Waals surface area contributed by atoms with E-state index >= 15 is 0 Å². The molecule has 0 bridgehead atoms. The number of aromatic nitrogens is 3. The predicted molar refractivity (Wildman–Crippen MR) is 218 cm³/mol. The van der Waals surface area contributed by atoms with E-state index in [1.54, 1.807) is 31.3 Å². The van der Waals surface area contributed by atoms with Crippen molar-refractivity contribution >= 4 is 34.0 Å². The molecule has 4 rings (SSSR count). The molecule has 0 saturated heterocycles. The molecule has 0 fully saturated rings. The molecule has 0 aliphatic rings. The van der Waals surface area contributed by atoms with E-state index in [2.05, 4.69) is 20.3 Å². The van der Waals surface area contributed by atoms with Crippen molar-refractivity contribution in [2.75, 3.05) is 6.61 Å². The van der Waals surface area contributed by atoms with Gasteiger partial charge >= 0.3 is 0 Å². The quantitative estimate of drug-likeness (QED) is 0.0423. The first-order chi connectivity index (χ1) is 27.1. The minimum absolute atomic E-state index is 0.0117. The van der Waals surface area contributed by atoms with E-state index in [0.29, 0.717) is 17.1 Å². The maximum absolute atomic E-state index is 13.9. The SMILES string of the molecule is CC[C@@H](C)[C@H](N)C(=O)NCc1ccc(C(=O)C(CC(C)C)C(O)C(O)C(N)CC(C)C(C(=O)COc2cccc3ccccc23)C(=O)[C@@H](N)Cc2cnc[nH]2)cn1. The van der Waals surface area contributed by atoms with Crippen molar-refractivity contribution in [3.05, 3.63) is 90.3 Å². The number of aromatic amines is 1. The van der Waals surface area contributed by atoms with Gasteiger partial charge in [-0.05, 0) is 54.2 Å². The Morgan fingerprint density at radius 2 is 1.60 bits per heavy atom. The number of pyridine rings is 1. The highest BCUT2D eigenvalue weighted by molar-refractivity contribution is 6.05. The summed E-state index contributed by atoms with van der Waals surface area (Å²) >= 11 is 0. The number of nitrogens with one attached hydrogen (secondary N) is 2. The molecule has 14 heteroatoms. The zero-order valence-electron chi connectivity index (χ0n) is 33.5. The second-order valence-corrected chi connectivity index (χ2v) is 15.6. The number of H-pyrrole nitrogens is 1. The van der Waals surface area contributed by atoms with Crippen molar-refractivity contribution in [1.82, 2.24) is 20.3 Å². The number of aliphatic hydroxyl groups excluding tert-OH is 2. The van der Waals surface area contributed by atoms with E-state index in [-0.39, 0.29) is 49.1 Å². The minimum atomic E-state index is -1.59. The Hall–Kier alpha value is -4.86. The molecule has 0 radical (unpaired) electrons. The molecule has 308 valence electrons. The zero-order chi connectivity index (χ0) is 41.8. The van der Waals surface area contributed by atoms with Gasteiger partial charge in [-0.15, -0.1) is 0 Å². The van der Waals surface area contributed by atoms with E-state index < -0.39 is 72.0 Å². The van der Waals surface area contributed by atoms with Crippen LogP contribution in [-0.2, 0) is 27.3 Å². The summed E-state index contributed by atoms with van der Waals surface area (Å²) < 4.78 is 5.98. The highest BCUT2D eigenvalue weighted by atomic mass is 16.5. The van der Waals surface area contributed by atoms with E-state index in [1.165, 1.54) is 12.5 Å². The van der Waals surface area contributed by atoms with Crippen LogP contribution in [0.3, 0.4) is 0 Å². The Kier molecular flexibility index (Phi) is 16.6. The Bertz CT molecular complexity index is 1920. The second-order valence-electron chi connectivity index (χ2n) is 15.6. The Morgan fingerprint density at radius 3 is 2.25 bits per heavy atom. The number of amides is 1. The van der Waals surface area contributed by atoms with Crippen LogP contribution in [0.15, 0.2) is 73.3 Å². The van der Waals surface area contributed by atoms with Gasteiger partial charge in [0.05, 0.1) is 54.7 Å². The van der Waals surface area contributed by atoms with Crippen LogP contribution in [0.5, 0.6) is 5.75 Å². The van der Waals surface area contributed by atoms with E-state index in [1.807, 2.05) is 64.1 Å². The number of ether oxygens (including phenoxy) is 1. The van der Waals surface area contributed by atoms with Gasteiger partial charge in [0.15, 0.2) is 17.3 Å². The van der Waals surface area contributed by atoms with Gasteiger partial charge in [0.1, 0.15) is 12.4 Å². The minimum Gasteiger partial charge on any atom is -0.485 e. The standard InChI is InChI=1S/C43H59N7O7/c1-6-25(4)38(46)43(56)49-21-29-15-14-28(19-48-29)39(52)32(16-24(2)3)40(53)42(55)33(44)17-26(5)37(41(54)34(45)18-30-20-47-23-50-30)35(51)22-57-36-13-9-11-27-10-7-8-12-31(27)36/h7-15,19-20,23-26,32-34,37-38,40,42,53,55H,6,16-18,21-22,44-46H2,1-5H3,(H,47,50)(H,49,56)/t25-,26?,32?,33?,34+,37?,38+,40?,42?/m1/s1. The molecule has 9 atom stereocenters. The highest BCUT2D eigenvalue weighted by Crippen LogP contribution is 2.29. The average molecular weight is 786 g/mol. The third-order valence-corrected chi connectivity index (χ3v) is 10.7. The number of Topliss-reactive ketones (excluding diaryl/α,β-unsaturated/α-hetero) is 3. The molecular formula is C43H59N7O7. The summed E-state index contributed by atoms with van der Waals surface area (Å²) in [7, 11) is 0. The summed E-state index contributed by atoms with van der Waals surface area (Å²) in [5, 5.41) is 27.5. The molecule has 4 aromatic rings. The summed E-state index contributed by atoms with van der Waals surface area (Å²) in [4.78, 5) is 65.4. The molecular weight excluding hydrogens is 727 g/mol. The summed E-state index contributed by atoms with van der Waals surface area (Å²) in [5.74, 6) is -4.33. The zero-order valence-corrected chi connectivity index (χ0v) is 33.5. The van der Waals surface area contributed by atoms with Crippen LogP contribution in [0.2, 0.25) is 0 Å². The number of carbonyl (C=O) groups excluding carboxylic acids is 4. The van der Waals surface area contributed by atoms with Crippen LogP contribution in [0.1, 0.15) is 75.6 Å². The summed E-state index contributed by atoms with van der Waals surface area (Å²) in [6.45, 7) is 9.03. The van der Waals surface area contributed by atoms with Crippen LogP contribution in [0.25, 0.3) is 10.8 Å². The third-order valence-electron chi connectivity index (χ3n) is 10.7. The Morgan fingerprint density at radius 1 is 0.877 bits per heavy atom. The maximum atomic E-state index is 13.9. The number of benzene rings is 2. The Balaban J connectivity index is 1.47. The molecule has 57 heavy (non-hydrogen) atoms. The summed E-state index contributed by atoms with van der Waals surface area (Å²) in [6.07, 6.45) is 2.28. The number of imidazole rings is 1. The Labute approximate surface area is 334 Å². The third kappa shape index (κ3) is 12.1. The van der Waals surface area contributed by atoms with Crippen LogP contribution >= 0.6 is 0 Å². The highest BCUT2D eigenvalue weighted by Gasteiger charge is 2.40. The molecule has 2 heterocycles. The van der Waals surface area contributed by atoms with Gasteiger partial charge in [-0.25, -0.2) is 4.98 Å². The molecule has 2 aromatic carbocycles. The fourth-order valence-electron chi connectivity index (χ4n) is 7.08. The smallest absolute Gasteiger partial charge is 0.237 e. The number of aliphatic hydroxyl groups is 2. The maximum Gasteiger partial charge on any atom is 0.237 e. The normalized spacial score (nSPS) is 16.5. The van der Waals surface area contributed by atoms with Gasteiger partial charge in [-0.3, -0.25) is 24.2 Å². The first kappa shape index (κ1) is 44.8. The molecule has 6 unspecified atom stereocenters. The van der Waals surface area contributed by atoms with Gasteiger partial charge in [0.2, 0.25) is 5.91 Å². The van der Waals surface area contributed by atoms with Gasteiger partial charge in [0.25, 0.3) is 0 Å². The summed E-state index contributed by atoms with van der Waals surface area (Å²) in [5.41, 5.74) is 20.3. The molecule has 0 spiro atoms. The lowest BCUT2D eigenvalue weighted by Crippen LogP contribution is -2.51. The van der Waals surface area contributed by atoms with Crippen molar-refractivity contribution in [2.45, 2.75) is 97.2 Å². The lowest BCUT2D eigenvalue weighted by molar-refractivity contribution is -0.137. The first-order valence-electron chi connectivity index (χ1n) is 19.7. The van der Waals surface area contributed by atoms with Crippen molar-refractivity contribution in [3.63, 3.8) is 0 Å². The number of hydrogen-bond acceptors (Lipinski definition) is 12.